The maximum Gasteiger partial charge on any atom is 0.244 e. The molecule has 0 unspecified atom stereocenters. The van der Waals surface area contributed by atoms with Crippen LogP contribution in [0.4, 0.5) is 0 Å². The number of amides is 1. The first-order valence-corrected chi connectivity index (χ1v) is 11.6. The summed E-state index contributed by atoms with van der Waals surface area (Å²) in [5, 5.41) is 3.17. The number of halogens is 1. The maximum atomic E-state index is 13.2. The molecule has 3 rings (SSSR count). The normalized spacial score (nSPS) is 20.3. The Morgan fingerprint density at radius 3 is 2.25 bits per heavy atom. The lowest BCUT2D eigenvalue weighted by Gasteiger charge is -2.41. The van der Waals surface area contributed by atoms with Gasteiger partial charge in [0, 0.05) is 19.3 Å². The monoisotopic (exact) mass is 430 g/mol. The molecule has 1 N–H and O–H groups in total. The van der Waals surface area contributed by atoms with E-state index in [1.54, 1.807) is 12.0 Å². The summed E-state index contributed by atoms with van der Waals surface area (Å²) in [7, 11) is -1.79. The lowest BCUT2D eigenvalue weighted by atomic mass is 9.88. The van der Waals surface area contributed by atoms with Crippen LogP contribution < -0.4 is 10.1 Å². The molecule has 2 aliphatic heterocycles. The van der Waals surface area contributed by atoms with Gasteiger partial charge in [0.15, 0.2) is 14.6 Å². The number of rotatable bonds is 5. The second-order valence-corrected chi connectivity index (χ2v) is 10.1. The van der Waals surface area contributed by atoms with Crippen molar-refractivity contribution in [3.63, 3.8) is 0 Å². The van der Waals surface area contributed by atoms with E-state index in [9.17, 15) is 13.2 Å². The van der Waals surface area contributed by atoms with Crippen LogP contribution in [0.2, 0.25) is 0 Å². The topological polar surface area (TPSA) is 75.7 Å². The van der Waals surface area contributed by atoms with Crippen LogP contribution in [0.5, 0.6) is 5.75 Å². The molecule has 28 heavy (non-hydrogen) atoms. The van der Waals surface area contributed by atoms with Gasteiger partial charge in [-0.2, -0.15) is 0 Å². The second kappa shape index (κ2) is 9.46. The number of carbonyl (C=O) groups excluding carboxylic acids is 1. The van der Waals surface area contributed by atoms with Crippen molar-refractivity contribution in [2.24, 2.45) is 5.92 Å². The molecule has 0 aromatic heterocycles. The minimum Gasteiger partial charge on any atom is -0.497 e. The van der Waals surface area contributed by atoms with E-state index in [1.807, 2.05) is 12.1 Å². The van der Waals surface area contributed by atoms with Gasteiger partial charge in [-0.3, -0.25) is 4.79 Å². The minimum absolute atomic E-state index is 0. The molecule has 0 aliphatic carbocycles. The highest BCUT2D eigenvalue weighted by Gasteiger charge is 2.50. The van der Waals surface area contributed by atoms with Crippen molar-refractivity contribution in [1.29, 1.82) is 0 Å². The summed E-state index contributed by atoms with van der Waals surface area (Å²) in [5.41, 5.74) is 1.27. The maximum absolute atomic E-state index is 13.2. The van der Waals surface area contributed by atoms with Crippen LogP contribution in [0, 0.1) is 5.92 Å². The van der Waals surface area contributed by atoms with Gasteiger partial charge < -0.3 is 15.0 Å². The molecule has 158 valence electrons. The molecular formula is C20H31ClN2O4S. The van der Waals surface area contributed by atoms with E-state index in [0.717, 1.165) is 25.0 Å². The standard InChI is InChI=1S/C20H30N2O4S.ClH/c1-26-18-5-3-16(4-6-18)15-17-7-13-22(14-8-17)19(23)20(27(2,24)25)9-11-21-12-10-20;/h3-6,17,21H,7-15H2,1-2H3;1H. The number of piperidine rings is 2. The fourth-order valence-electron chi connectivity index (χ4n) is 4.30. The lowest BCUT2D eigenvalue weighted by Crippen LogP contribution is -2.59. The summed E-state index contributed by atoms with van der Waals surface area (Å²) in [6, 6.07) is 8.12. The Hall–Kier alpha value is -1.31. The van der Waals surface area contributed by atoms with Crippen molar-refractivity contribution in [3.05, 3.63) is 29.8 Å². The van der Waals surface area contributed by atoms with E-state index >= 15 is 0 Å². The van der Waals surface area contributed by atoms with Crippen molar-refractivity contribution in [1.82, 2.24) is 10.2 Å². The molecule has 0 bridgehead atoms. The van der Waals surface area contributed by atoms with Crippen molar-refractivity contribution in [2.75, 3.05) is 39.5 Å². The van der Waals surface area contributed by atoms with Gasteiger partial charge in [-0.1, -0.05) is 12.1 Å². The predicted octanol–water partition coefficient (Wildman–Crippen LogP) is 2.06. The van der Waals surface area contributed by atoms with Crippen molar-refractivity contribution in [3.8, 4) is 5.75 Å². The van der Waals surface area contributed by atoms with Gasteiger partial charge in [0.25, 0.3) is 0 Å². The third kappa shape index (κ3) is 4.81. The van der Waals surface area contributed by atoms with Gasteiger partial charge in [0.1, 0.15) is 5.75 Å². The van der Waals surface area contributed by atoms with Crippen LogP contribution >= 0.6 is 12.4 Å². The average Bonchev–Trinajstić information content (AvgIpc) is 2.68. The van der Waals surface area contributed by atoms with Gasteiger partial charge in [-0.05, 0) is 68.8 Å². The lowest BCUT2D eigenvalue weighted by molar-refractivity contribution is -0.136. The highest BCUT2D eigenvalue weighted by molar-refractivity contribution is 7.92. The van der Waals surface area contributed by atoms with Gasteiger partial charge in [-0.15, -0.1) is 12.4 Å². The smallest absolute Gasteiger partial charge is 0.244 e. The molecule has 0 saturated carbocycles. The number of ether oxygens (including phenoxy) is 1. The van der Waals surface area contributed by atoms with Crippen LogP contribution in [0.25, 0.3) is 0 Å². The Labute approximate surface area is 174 Å². The Balaban J connectivity index is 0.00000280. The first kappa shape index (κ1) is 23.0. The Morgan fingerprint density at radius 1 is 1.18 bits per heavy atom. The molecule has 6 nitrogen and oxygen atoms in total. The van der Waals surface area contributed by atoms with E-state index in [4.69, 9.17) is 4.74 Å². The average molecular weight is 431 g/mol. The van der Waals surface area contributed by atoms with Crippen LogP contribution in [0.3, 0.4) is 0 Å². The van der Waals surface area contributed by atoms with Crippen LogP contribution in [0.1, 0.15) is 31.2 Å². The summed E-state index contributed by atoms with van der Waals surface area (Å²) < 4.78 is 28.9. The van der Waals surface area contributed by atoms with E-state index in [1.165, 1.54) is 11.8 Å². The highest BCUT2D eigenvalue weighted by Crippen LogP contribution is 2.32. The zero-order valence-electron chi connectivity index (χ0n) is 16.6. The van der Waals surface area contributed by atoms with E-state index < -0.39 is 14.6 Å². The largest absolute Gasteiger partial charge is 0.497 e. The van der Waals surface area contributed by atoms with Gasteiger partial charge in [0.05, 0.1) is 7.11 Å². The Kier molecular flexibility index (Phi) is 7.76. The van der Waals surface area contributed by atoms with Gasteiger partial charge in [0.2, 0.25) is 5.91 Å². The number of nitrogens with zero attached hydrogens (tertiary/aromatic N) is 1. The molecule has 1 amide bonds. The Bertz CT molecular complexity index is 753. The molecule has 1 aromatic carbocycles. The number of hydrogen-bond donors (Lipinski definition) is 1. The van der Waals surface area contributed by atoms with Gasteiger partial charge in [-0.25, -0.2) is 8.42 Å². The van der Waals surface area contributed by atoms with Crippen LogP contribution in [0.15, 0.2) is 24.3 Å². The summed E-state index contributed by atoms with van der Waals surface area (Å²) in [4.78, 5) is 15.0. The van der Waals surface area contributed by atoms with Crippen LogP contribution in [-0.2, 0) is 21.1 Å². The zero-order valence-corrected chi connectivity index (χ0v) is 18.3. The van der Waals surface area contributed by atoms with E-state index in [2.05, 4.69) is 17.4 Å². The first-order chi connectivity index (χ1) is 12.9. The summed E-state index contributed by atoms with van der Waals surface area (Å²) in [5.74, 6) is 1.19. The zero-order chi connectivity index (χ0) is 19.5. The van der Waals surface area contributed by atoms with E-state index in [-0.39, 0.29) is 18.3 Å². The first-order valence-electron chi connectivity index (χ1n) is 9.68. The predicted molar refractivity (Wildman–Crippen MR) is 113 cm³/mol. The number of benzene rings is 1. The van der Waals surface area contributed by atoms with Crippen molar-refractivity contribution in [2.45, 2.75) is 36.9 Å². The molecule has 0 radical (unpaired) electrons. The Morgan fingerprint density at radius 2 is 1.75 bits per heavy atom. The number of nitrogens with one attached hydrogen (secondary N) is 1. The highest BCUT2D eigenvalue weighted by atomic mass is 35.5. The molecule has 2 saturated heterocycles. The molecule has 1 aromatic rings. The molecule has 8 heteroatoms. The van der Waals surface area contributed by atoms with Crippen LogP contribution in [-0.4, -0.2) is 63.5 Å². The molecule has 0 spiro atoms. The second-order valence-electron chi connectivity index (χ2n) is 7.80. The molecule has 2 fully saturated rings. The molecule has 0 atom stereocenters. The summed E-state index contributed by atoms with van der Waals surface area (Å²) in [6.07, 6.45) is 4.76. The SMILES string of the molecule is COc1ccc(CC2CCN(C(=O)C3(S(C)(=O)=O)CCNCC3)CC2)cc1.Cl. The molecule has 2 aliphatic rings. The quantitative estimate of drug-likeness (QED) is 0.773. The molecular weight excluding hydrogens is 400 g/mol. The van der Waals surface area contributed by atoms with Gasteiger partial charge >= 0.3 is 0 Å². The van der Waals surface area contributed by atoms with E-state index in [0.29, 0.717) is 44.9 Å². The summed E-state index contributed by atoms with van der Waals surface area (Å²) in [6.45, 7) is 2.44. The van der Waals surface area contributed by atoms with Crippen molar-refractivity contribution < 1.29 is 17.9 Å². The number of methoxy groups -OCH3 is 1. The van der Waals surface area contributed by atoms with Crippen molar-refractivity contribution >= 4 is 28.2 Å². The minimum atomic E-state index is -3.45. The number of sulfone groups is 1. The molecule has 2 heterocycles. The fourth-order valence-corrected chi connectivity index (χ4v) is 5.69. The fraction of sp³-hybridized carbons (Fsp3) is 0.650. The number of likely N-dealkylation sites (tertiary alicyclic amines) is 1. The summed E-state index contributed by atoms with van der Waals surface area (Å²) >= 11 is 0. The number of carbonyl (C=O) groups is 1. The third-order valence-electron chi connectivity index (χ3n) is 6.10. The third-order valence-corrected chi connectivity index (χ3v) is 8.10. The number of hydrogen-bond acceptors (Lipinski definition) is 5.